The first-order valence-corrected chi connectivity index (χ1v) is 7.43. The molecule has 0 fully saturated rings. The second-order valence-corrected chi connectivity index (χ2v) is 5.39. The summed E-state index contributed by atoms with van der Waals surface area (Å²) in [5.74, 6) is -0.346. The lowest BCUT2D eigenvalue weighted by atomic mass is 10.0. The molecule has 4 aromatic rings. The van der Waals surface area contributed by atoms with Crippen molar-refractivity contribution in [2.75, 3.05) is 5.73 Å². The van der Waals surface area contributed by atoms with Crippen molar-refractivity contribution >= 4 is 23.0 Å². The highest BCUT2D eigenvalue weighted by Gasteiger charge is 2.14. The number of anilines is 1. The van der Waals surface area contributed by atoms with Crippen molar-refractivity contribution in [3.05, 3.63) is 60.4 Å². The molecule has 0 aliphatic rings. The fraction of sp³-hybridized carbons (Fsp3) is 0. The van der Waals surface area contributed by atoms with Gasteiger partial charge in [0.25, 0.3) is 0 Å². The molecule has 0 unspecified atom stereocenters. The number of aromatic nitrogens is 3. The van der Waals surface area contributed by atoms with Gasteiger partial charge in [0.1, 0.15) is 11.3 Å². The van der Waals surface area contributed by atoms with Gasteiger partial charge in [-0.1, -0.05) is 12.1 Å². The Morgan fingerprint density at radius 1 is 1.08 bits per heavy atom. The number of pyridine rings is 2. The van der Waals surface area contributed by atoms with Crippen LogP contribution in [0.1, 0.15) is 10.4 Å². The number of carbonyl (C=O) groups is 1. The van der Waals surface area contributed by atoms with Crippen LogP contribution >= 0.6 is 0 Å². The van der Waals surface area contributed by atoms with Gasteiger partial charge in [0, 0.05) is 18.0 Å². The summed E-state index contributed by atoms with van der Waals surface area (Å²) in [4.78, 5) is 23.7. The average Bonchev–Trinajstić information content (AvgIpc) is 3.06. The number of rotatable bonds is 3. The maximum absolute atomic E-state index is 11.0. The van der Waals surface area contributed by atoms with E-state index in [0.29, 0.717) is 22.7 Å². The molecule has 0 atom stereocenters. The third-order valence-electron chi connectivity index (χ3n) is 3.78. The number of hydrogen-bond donors (Lipinski definition) is 2. The summed E-state index contributed by atoms with van der Waals surface area (Å²) >= 11 is 0. The van der Waals surface area contributed by atoms with Crippen LogP contribution in [0.15, 0.2) is 59.3 Å². The zero-order chi connectivity index (χ0) is 17.4. The van der Waals surface area contributed by atoms with Crippen LogP contribution < -0.4 is 5.73 Å². The number of aromatic carboxylic acids is 1. The monoisotopic (exact) mass is 332 g/mol. The Labute approximate surface area is 141 Å². The Kier molecular flexibility index (Phi) is 3.39. The zero-order valence-corrected chi connectivity index (χ0v) is 12.9. The lowest BCUT2D eigenvalue weighted by Crippen LogP contribution is -1.96. The lowest BCUT2D eigenvalue weighted by molar-refractivity contribution is 0.0697. The van der Waals surface area contributed by atoms with Crippen molar-refractivity contribution in [3.8, 4) is 22.6 Å². The van der Waals surface area contributed by atoms with Crippen LogP contribution in [0.3, 0.4) is 0 Å². The number of carboxylic acid groups (broad SMARTS) is 1. The number of hydrogen-bond acceptors (Lipinski definition) is 6. The second kappa shape index (κ2) is 5.72. The van der Waals surface area contributed by atoms with Crippen LogP contribution in [0, 0.1) is 0 Å². The van der Waals surface area contributed by atoms with Crippen LogP contribution in [0.4, 0.5) is 5.82 Å². The van der Waals surface area contributed by atoms with Crippen LogP contribution in [-0.2, 0) is 0 Å². The number of benzene rings is 1. The van der Waals surface area contributed by atoms with E-state index in [0.717, 1.165) is 11.1 Å². The predicted molar refractivity (Wildman–Crippen MR) is 91.8 cm³/mol. The van der Waals surface area contributed by atoms with E-state index >= 15 is 0 Å². The van der Waals surface area contributed by atoms with Crippen molar-refractivity contribution in [3.63, 3.8) is 0 Å². The first-order chi connectivity index (χ1) is 12.1. The van der Waals surface area contributed by atoms with Crippen molar-refractivity contribution < 1.29 is 14.3 Å². The largest absolute Gasteiger partial charge is 0.478 e. The molecule has 3 heterocycles. The number of nitrogens with two attached hydrogens (primary N) is 1. The van der Waals surface area contributed by atoms with Gasteiger partial charge < -0.3 is 15.3 Å². The molecule has 0 saturated carbocycles. The Balaban J connectivity index is 1.79. The molecule has 0 amide bonds. The van der Waals surface area contributed by atoms with Gasteiger partial charge in [0.15, 0.2) is 0 Å². The van der Waals surface area contributed by atoms with E-state index in [1.807, 2.05) is 6.07 Å². The average molecular weight is 332 g/mol. The minimum Gasteiger partial charge on any atom is -0.478 e. The summed E-state index contributed by atoms with van der Waals surface area (Å²) in [7, 11) is 0. The van der Waals surface area contributed by atoms with Gasteiger partial charge in [-0.2, -0.15) is 0 Å². The standard InChI is InChI=1S/C18H12N4O3/c19-15-13(16-22-14-2-1-7-20-17(14)25-16)8-12(9-21-15)10-3-5-11(6-4-10)18(23)24/h1-9H,(H2,19,21)(H,23,24). The van der Waals surface area contributed by atoms with Gasteiger partial charge in [0.05, 0.1) is 11.1 Å². The van der Waals surface area contributed by atoms with Gasteiger partial charge in [-0.05, 0) is 35.9 Å². The molecular weight excluding hydrogens is 320 g/mol. The van der Waals surface area contributed by atoms with E-state index in [9.17, 15) is 4.79 Å². The quantitative estimate of drug-likeness (QED) is 0.591. The molecule has 3 N–H and O–H groups in total. The van der Waals surface area contributed by atoms with Crippen molar-refractivity contribution in [1.82, 2.24) is 15.0 Å². The minimum atomic E-state index is -0.971. The fourth-order valence-corrected chi connectivity index (χ4v) is 2.49. The van der Waals surface area contributed by atoms with E-state index in [-0.39, 0.29) is 11.4 Å². The molecule has 7 heteroatoms. The molecule has 0 saturated heterocycles. The van der Waals surface area contributed by atoms with E-state index in [4.69, 9.17) is 15.3 Å². The highest BCUT2D eigenvalue weighted by molar-refractivity contribution is 5.88. The summed E-state index contributed by atoms with van der Waals surface area (Å²) < 4.78 is 5.66. The second-order valence-electron chi connectivity index (χ2n) is 5.39. The Bertz CT molecular complexity index is 1050. The molecule has 4 rings (SSSR count). The summed E-state index contributed by atoms with van der Waals surface area (Å²) in [6, 6.07) is 11.9. The number of oxazole rings is 1. The molecule has 7 nitrogen and oxygen atoms in total. The normalized spacial score (nSPS) is 10.9. The van der Waals surface area contributed by atoms with Crippen LogP contribution in [0.2, 0.25) is 0 Å². The van der Waals surface area contributed by atoms with E-state index in [2.05, 4.69) is 15.0 Å². The van der Waals surface area contributed by atoms with E-state index in [1.165, 1.54) is 12.1 Å². The smallest absolute Gasteiger partial charge is 0.335 e. The summed E-state index contributed by atoms with van der Waals surface area (Å²) in [5, 5.41) is 8.99. The predicted octanol–water partition coefficient (Wildman–Crippen LogP) is 3.23. The third-order valence-corrected chi connectivity index (χ3v) is 3.78. The Morgan fingerprint density at radius 2 is 1.88 bits per heavy atom. The molecule has 0 aliphatic carbocycles. The maximum atomic E-state index is 11.0. The van der Waals surface area contributed by atoms with Crippen LogP contribution in [-0.4, -0.2) is 26.0 Å². The summed E-state index contributed by atoms with van der Waals surface area (Å²) in [6.07, 6.45) is 3.24. The summed E-state index contributed by atoms with van der Waals surface area (Å²) in [5.41, 5.74) is 9.39. The SMILES string of the molecule is Nc1ncc(-c2ccc(C(=O)O)cc2)cc1-c1nc2cccnc2o1. The van der Waals surface area contributed by atoms with E-state index < -0.39 is 5.97 Å². The minimum absolute atomic E-state index is 0.220. The van der Waals surface area contributed by atoms with Gasteiger partial charge in [0.2, 0.25) is 11.6 Å². The zero-order valence-electron chi connectivity index (χ0n) is 12.9. The van der Waals surface area contributed by atoms with Crippen molar-refractivity contribution in [1.29, 1.82) is 0 Å². The molecule has 0 spiro atoms. The first-order valence-electron chi connectivity index (χ1n) is 7.43. The van der Waals surface area contributed by atoms with E-state index in [1.54, 1.807) is 36.7 Å². The van der Waals surface area contributed by atoms with Crippen molar-refractivity contribution in [2.45, 2.75) is 0 Å². The Morgan fingerprint density at radius 3 is 2.60 bits per heavy atom. The van der Waals surface area contributed by atoms with Gasteiger partial charge in [-0.15, -0.1) is 0 Å². The third kappa shape index (κ3) is 2.67. The highest BCUT2D eigenvalue weighted by Crippen LogP contribution is 2.30. The van der Waals surface area contributed by atoms with Gasteiger partial charge in [-0.25, -0.2) is 19.7 Å². The number of carboxylic acids is 1. The number of nitrogen functional groups attached to an aromatic ring is 1. The topological polar surface area (TPSA) is 115 Å². The van der Waals surface area contributed by atoms with Gasteiger partial charge in [-0.3, -0.25) is 0 Å². The van der Waals surface area contributed by atoms with Crippen LogP contribution in [0.25, 0.3) is 33.8 Å². The number of fused-ring (bicyclic) bond motifs is 1. The summed E-state index contributed by atoms with van der Waals surface area (Å²) in [6.45, 7) is 0. The molecule has 1 aromatic carbocycles. The first kappa shape index (κ1) is 14.8. The molecular formula is C18H12N4O3. The maximum Gasteiger partial charge on any atom is 0.335 e. The molecule has 0 radical (unpaired) electrons. The molecule has 122 valence electrons. The molecule has 3 aromatic heterocycles. The van der Waals surface area contributed by atoms with Crippen molar-refractivity contribution in [2.24, 2.45) is 0 Å². The fourth-order valence-electron chi connectivity index (χ4n) is 2.49. The number of nitrogens with zero attached hydrogens (tertiary/aromatic N) is 3. The van der Waals surface area contributed by atoms with Crippen LogP contribution in [0.5, 0.6) is 0 Å². The molecule has 25 heavy (non-hydrogen) atoms. The Hall–Kier alpha value is -3.74. The lowest BCUT2D eigenvalue weighted by Gasteiger charge is -2.06. The highest BCUT2D eigenvalue weighted by atomic mass is 16.4. The van der Waals surface area contributed by atoms with Gasteiger partial charge >= 0.3 is 5.97 Å². The molecule has 0 aliphatic heterocycles. The molecule has 0 bridgehead atoms.